The standard InChI is InChI=1S/C35H45N3O3S/c1-2-11-29(13-4-3-5-17-35(39)41-34-19-18-28-12-6-7-14-31(28)36-34)40-26-9-8-21-37-22-24-38(25-23-37)32-15-10-16-33-30(32)20-27-42-33/h6-7,10,12,14-16,18-20,27,29H,2-5,8-9,11,13,17,21-26H2,1H3. The van der Waals surface area contributed by atoms with Gasteiger partial charge >= 0.3 is 5.97 Å². The lowest BCUT2D eigenvalue weighted by molar-refractivity contribution is -0.134. The number of para-hydroxylation sites is 1. The molecule has 0 amide bonds. The molecule has 0 saturated carbocycles. The number of hydrogen-bond acceptors (Lipinski definition) is 7. The topological polar surface area (TPSA) is 54.9 Å². The van der Waals surface area contributed by atoms with Gasteiger partial charge in [-0.2, -0.15) is 0 Å². The summed E-state index contributed by atoms with van der Waals surface area (Å²) in [6.45, 7) is 8.69. The Morgan fingerprint density at radius 2 is 1.79 bits per heavy atom. The average molecular weight is 588 g/mol. The number of pyridine rings is 1. The maximum absolute atomic E-state index is 12.3. The smallest absolute Gasteiger partial charge is 0.312 e. The van der Waals surface area contributed by atoms with Gasteiger partial charge in [0.2, 0.25) is 5.88 Å². The molecule has 1 saturated heterocycles. The molecule has 0 radical (unpaired) electrons. The number of carbonyl (C=O) groups is 1. The van der Waals surface area contributed by atoms with Crippen LogP contribution in [0.2, 0.25) is 0 Å². The van der Waals surface area contributed by atoms with Crippen molar-refractivity contribution in [3.8, 4) is 5.88 Å². The second kappa shape index (κ2) is 16.0. The number of anilines is 1. The van der Waals surface area contributed by atoms with E-state index in [0.29, 0.717) is 18.4 Å². The first-order valence-electron chi connectivity index (χ1n) is 15.8. The molecule has 7 heteroatoms. The largest absolute Gasteiger partial charge is 0.407 e. The Morgan fingerprint density at radius 1 is 0.905 bits per heavy atom. The number of esters is 1. The fourth-order valence-electron chi connectivity index (χ4n) is 5.88. The van der Waals surface area contributed by atoms with E-state index in [4.69, 9.17) is 9.47 Å². The van der Waals surface area contributed by atoms with Crippen molar-refractivity contribution in [1.29, 1.82) is 0 Å². The van der Waals surface area contributed by atoms with Gasteiger partial charge in [-0.15, -0.1) is 11.3 Å². The first-order valence-corrected chi connectivity index (χ1v) is 16.7. The first-order chi connectivity index (χ1) is 20.7. The molecule has 0 spiro atoms. The quantitative estimate of drug-likeness (QED) is 0.0975. The highest BCUT2D eigenvalue weighted by atomic mass is 32.1. The van der Waals surface area contributed by atoms with Gasteiger partial charge in [0.25, 0.3) is 0 Å². The Bertz CT molecular complexity index is 1400. The van der Waals surface area contributed by atoms with Crippen LogP contribution in [0.25, 0.3) is 21.0 Å². The highest BCUT2D eigenvalue weighted by Crippen LogP contribution is 2.31. The Morgan fingerprint density at radius 3 is 2.67 bits per heavy atom. The molecule has 6 nitrogen and oxygen atoms in total. The van der Waals surface area contributed by atoms with Crippen LogP contribution in [0, 0.1) is 0 Å². The molecule has 1 aliphatic rings. The van der Waals surface area contributed by atoms with Crippen molar-refractivity contribution in [2.24, 2.45) is 0 Å². The van der Waals surface area contributed by atoms with Crippen LogP contribution in [0.15, 0.2) is 66.0 Å². The zero-order valence-electron chi connectivity index (χ0n) is 25.0. The molecular formula is C35H45N3O3S. The van der Waals surface area contributed by atoms with Gasteiger partial charge in [-0.1, -0.05) is 50.5 Å². The summed E-state index contributed by atoms with van der Waals surface area (Å²) in [5.74, 6) is 0.171. The van der Waals surface area contributed by atoms with E-state index >= 15 is 0 Å². The molecule has 224 valence electrons. The van der Waals surface area contributed by atoms with Crippen LogP contribution in [0.4, 0.5) is 5.69 Å². The monoisotopic (exact) mass is 587 g/mol. The lowest BCUT2D eigenvalue weighted by atomic mass is 10.1. The van der Waals surface area contributed by atoms with Crippen LogP contribution in [0.3, 0.4) is 0 Å². The van der Waals surface area contributed by atoms with Gasteiger partial charge in [0.15, 0.2) is 0 Å². The van der Waals surface area contributed by atoms with E-state index in [1.54, 1.807) is 6.07 Å². The number of rotatable bonds is 16. The summed E-state index contributed by atoms with van der Waals surface area (Å²) in [5.41, 5.74) is 2.23. The minimum Gasteiger partial charge on any atom is -0.407 e. The zero-order valence-corrected chi connectivity index (χ0v) is 25.8. The third kappa shape index (κ3) is 8.76. The number of thiophene rings is 1. The highest BCUT2D eigenvalue weighted by Gasteiger charge is 2.18. The lowest BCUT2D eigenvalue weighted by Gasteiger charge is -2.36. The molecule has 0 N–H and O–H groups in total. The fourth-order valence-corrected chi connectivity index (χ4v) is 6.68. The van der Waals surface area contributed by atoms with Gasteiger partial charge in [-0.3, -0.25) is 9.69 Å². The molecule has 0 bridgehead atoms. The summed E-state index contributed by atoms with van der Waals surface area (Å²) >= 11 is 1.83. The molecule has 1 aliphatic heterocycles. The number of benzene rings is 2. The Hall–Kier alpha value is -3.00. The molecule has 2 aromatic heterocycles. The van der Waals surface area contributed by atoms with Gasteiger partial charge in [0, 0.05) is 66.4 Å². The van der Waals surface area contributed by atoms with Gasteiger partial charge < -0.3 is 14.4 Å². The van der Waals surface area contributed by atoms with Gasteiger partial charge in [0.05, 0.1) is 11.6 Å². The lowest BCUT2D eigenvalue weighted by Crippen LogP contribution is -2.46. The zero-order chi connectivity index (χ0) is 29.0. The first kappa shape index (κ1) is 30.5. The fraction of sp³-hybridized carbons (Fsp3) is 0.486. The summed E-state index contributed by atoms with van der Waals surface area (Å²) in [4.78, 5) is 21.9. The summed E-state index contributed by atoms with van der Waals surface area (Å²) in [6, 6.07) is 20.5. The van der Waals surface area contributed by atoms with Gasteiger partial charge in [-0.25, -0.2) is 4.98 Å². The molecule has 1 atom stereocenters. The predicted molar refractivity (Wildman–Crippen MR) is 175 cm³/mol. The van der Waals surface area contributed by atoms with E-state index in [-0.39, 0.29) is 5.97 Å². The number of nitrogens with zero attached hydrogens (tertiary/aromatic N) is 3. The van der Waals surface area contributed by atoms with Crippen LogP contribution in [0.1, 0.15) is 64.7 Å². The SMILES string of the molecule is CCCC(CCCCCC(=O)Oc1ccc2ccccc2n1)OCCCCN1CCN(c2cccc3sccc23)CC1. The van der Waals surface area contributed by atoms with Crippen molar-refractivity contribution < 1.29 is 14.3 Å². The van der Waals surface area contributed by atoms with Crippen LogP contribution < -0.4 is 9.64 Å². The number of hydrogen-bond donors (Lipinski definition) is 0. The molecule has 0 aliphatic carbocycles. The molecule has 1 fully saturated rings. The van der Waals surface area contributed by atoms with Crippen LogP contribution >= 0.6 is 11.3 Å². The molecule has 42 heavy (non-hydrogen) atoms. The van der Waals surface area contributed by atoms with Crippen molar-refractivity contribution in [1.82, 2.24) is 9.88 Å². The number of carbonyl (C=O) groups excluding carboxylic acids is 1. The Kier molecular flexibility index (Phi) is 11.6. The molecule has 1 unspecified atom stereocenters. The third-order valence-corrected chi connectivity index (χ3v) is 9.10. The number of fused-ring (bicyclic) bond motifs is 2. The second-order valence-corrected chi connectivity index (χ2v) is 12.3. The average Bonchev–Trinajstić information content (AvgIpc) is 3.50. The normalized spacial score (nSPS) is 14.9. The van der Waals surface area contributed by atoms with Crippen molar-refractivity contribution >= 4 is 44.0 Å². The molecule has 5 rings (SSSR count). The third-order valence-electron chi connectivity index (χ3n) is 8.22. The van der Waals surface area contributed by atoms with Crippen LogP contribution in [-0.2, 0) is 9.53 Å². The summed E-state index contributed by atoms with van der Waals surface area (Å²) in [5, 5.41) is 4.63. The van der Waals surface area contributed by atoms with Crippen molar-refractivity contribution in [3.05, 3.63) is 66.0 Å². The number of aromatic nitrogens is 1. The summed E-state index contributed by atoms with van der Waals surface area (Å²) < 4.78 is 13.1. The van der Waals surface area contributed by atoms with Crippen LogP contribution in [0.5, 0.6) is 5.88 Å². The van der Waals surface area contributed by atoms with E-state index in [1.165, 1.54) is 22.2 Å². The summed E-state index contributed by atoms with van der Waals surface area (Å²) in [6.07, 6.45) is 9.28. The Balaban J connectivity index is 0.911. The molecule has 4 aromatic rings. The number of ether oxygens (including phenoxy) is 2. The highest BCUT2D eigenvalue weighted by molar-refractivity contribution is 7.17. The van der Waals surface area contributed by atoms with Crippen molar-refractivity contribution in [3.63, 3.8) is 0 Å². The summed E-state index contributed by atoms with van der Waals surface area (Å²) in [7, 11) is 0. The minimum absolute atomic E-state index is 0.208. The molecule has 2 aromatic carbocycles. The van der Waals surface area contributed by atoms with E-state index in [9.17, 15) is 4.79 Å². The van der Waals surface area contributed by atoms with Crippen molar-refractivity contribution in [2.75, 3.05) is 44.2 Å². The van der Waals surface area contributed by atoms with Gasteiger partial charge in [-0.05, 0) is 74.4 Å². The molecule has 3 heterocycles. The number of unbranched alkanes of at least 4 members (excludes halogenated alkanes) is 3. The van der Waals surface area contributed by atoms with E-state index in [2.05, 4.69) is 51.4 Å². The maximum atomic E-state index is 12.3. The van der Waals surface area contributed by atoms with E-state index in [0.717, 1.165) is 95.2 Å². The minimum atomic E-state index is -0.208. The predicted octanol–water partition coefficient (Wildman–Crippen LogP) is 8.09. The maximum Gasteiger partial charge on any atom is 0.312 e. The van der Waals surface area contributed by atoms with E-state index in [1.807, 2.05) is 41.7 Å². The Labute approximate surface area is 254 Å². The number of piperazine rings is 1. The van der Waals surface area contributed by atoms with Crippen molar-refractivity contribution in [2.45, 2.75) is 70.8 Å². The second-order valence-electron chi connectivity index (χ2n) is 11.3. The van der Waals surface area contributed by atoms with E-state index < -0.39 is 0 Å². The van der Waals surface area contributed by atoms with Crippen LogP contribution in [-0.4, -0.2) is 61.3 Å². The van der Waals surface area contributed by atoms with Gasteiger partial charge in [0.1, 0.15) is 0 Å². The molecular weight excluding hydrogens is 542 g/mol.